The lowest BCUT2D eigenvalue weighted by molar-refractivity contribution is -0.142. The predicted molar refractivity (Wildman–Crippen MR) is 134 cm³/mol. The van der Waals surface area contributed by atoms with Crippen molar-refractivity contribution in [3.63, 3.8) is 0 Å². The maximum absolute atomic E-state index is 14.2. The summed E-state index contributed by atoms with van der Waals surface area (Å²) in [5.41, 5.74) is 5.13. The first-order valence-corrected chi connectivity index (χ1v) is 12.1. The molecule has 0 atom stereocenters. The van der Waals surface area contributed by atoms with Gasteiger partial charge in [0.15, 0.2) is 0 Å². The molecule has 0 radical (unpaired) electrons. The Kier molecular flexibility index (Phi) is 7.68. The van der Waals surface area contributed by atoms with E-state index in [2.05, 4.69) is 4.98 Å². The third-order valence-corrected chi connectivity index (χ3v) is 6.94. The van der Waals surface area contributed by atoms with Crippen molar-refractivity contribution < 1.29 is 31.9 Å². The average molecular weight is 570 g/mol. The van der Waals surface area contributed by atoms with Gasteiger partial charge < -0.3 is 31.2 Å². The summed E-state index contributed by atoms with van der Waals surface area (Å²) in [5, 5.41) is 9.23. The number of pyridine rings is 1. The van der Waals surface area contributed by atoms with Crippen LogP contribution in [0.15, 0.2) is 30.5 Å². The van der Waals surface area contributed by atoms with Crippen molar-refractivity contribution in [3.8, 4) is 0 Å². The monoisotopic (exact) mass is 569 g/mol. The van der Waals surface area contributed by atoms with Gasteiger partial charge in [0.1, 0.15) is 30.3 Å². The van der Waals surface area contributed by atoms with E-state index in [4.69, 9.17) is 22.7 Å². The molecule has 2 aliphatic heterocycles. The van der Waals surface area contributed by atoms with Gasteiger partial charge in [-0.05, 0) is 37.1 Å². The number of amides is 3. The first-order chi connectivity index (χ1) is 18.3. The van der Waals surface area contributed by atoms with E-state index < -0.39 is 48.3 Å². The quantitative estimate of drug-likeness (QED) is 0.361. The van der Waals surface area contributed by atoms with Crippen LogP contribution in [0.2, 0.25) is 5.02 Å². The highest BCUT2D eigenvalue weighted by Crippen LogP contribution is 2.40. The Labute approximate surface area is 225 Å². The van der Waals surface area contributed by atoms with Crippen LogP contribution in [0, 0.1) is 11.2 Å². The largest absolute Gasteiger partial charge is 0.405 e. The molecule has 39 heavy (non-hydrogen) atoms. The third kappa shape index (κ3) is 5.90. The van der Waals surface area contributed by atoms with E-state index in [1.807, 2.05) is 0 Å². The van der Waals surface area contributed by atoms with E-state index in [0.29, 0.717) is 0 Å². The molecular formula is C24H24ClF4N7O3. The van der Waals surface area contributed by atoms with E-state index in [-0.39, 0.29) is 60.3 Å². The highest BCUT2D eigenvalue weighted by Gasteiger charge is 2.54. The maximum Gasteiger partial charge on any atom is 0.405 e. The Balaban J connectivity index is 1.57. The van der Waals surface area contributed by atoms with Crippen LogP contribution >= 0.6 is 11.6 Å². The fourth-order valence-corrected chi connectivity index (χ4v) is 5.04. The first-order valence-electron chi connectivity index (χ1n) is 11.7. The van der Waals surface area contributed by atoms with Gasteiger partial charge in [0.05, 0.1) is 12.2 Å². The van der Waals surface area contributed by atoms with E-state index in [9.17, 15) is 31.9 Å². The van der Waals surface area contributed by atoms with Gasteiger partial charge in [-0.3, -0.25) is 14.4 Å². The zero-order chi connectivity index (χ0) is 28.5. The molecule has 1 aromatic heterocycles. The minimum absolute atomic E-state index is 0.0689. The van der Waals surface area contributed by atoms with E-state index in [1.54, 1.807) is 10.2 Å². The number of carbonyl (C=O) groups excluding carboxylic acids is 3. The molecule has 1 spiro atoms. The molecule has 2 saturated heterocycles. The number of hydrogen-bond acceptors (Lipinski definition) is 7. The summed E-state index contributed by atoms with van der Waals surface area (Å²) in [6, 6.07) is 5.14. The minimum Gasteiger partial charge on any atom is -0.383 e. The van der Waals surface area contributed by atoms with Gasteiger partial charge in [-0.25, -0.2) is 9.37 Å². The van der Waals surface area contributed by atoms with E-state index >= 15 is 0 Å². The molecular weight excluding hydrogens is 546 g/mol. The number of piperidine rings is 1. The Morgan fingerprint density at radius 1 is 1.21 bits per heavy atom. The van der Waals surface area contributed by atoms with Crippen molar-refractivity contribution in [2.24, 2.45) is 0 Å². The molecule has 208 valence electrons. The molecule has 3 amide bonds. The lowest BCUT2D eigenvalue weighted by atomic mass is 9.85. The van der Waals surface area contributed by atoms with Crippen LogP contribution in [-0.4, -0.2) is 83.3 Å². The maximum atomic E-state index is 14.2. The predicted octanol–water partition coefficient (Wildman–Crippen LogP) is 2.41. The lowest BCUT2D eigenvalue weighted by Crippen LogP contribution is -2.57. The van der Waals surface area contributed by atoms with Crippen molar-refractivity contribution >= 4 is 47.0 Å². The molecule has 4 rings (SSSR count). The van der Waals surface area contributed by atoms with Gasteiger partial charge in [-0.15, -0.1) is 0 Å². The Morgan fingerprint density at radius 3 is 2.51 bits per heavy atom. The second-order valence-corrected chi connectivity index (χ2v) is 9.70. The second kappa shape index (κ2) is 10.7. The molecule has 0 saturated carbocycles. The Hall–Kier alpha value is -3.94. The fourth-order valence-electron chi connectivity index (χ4n) is 4.82. The van der Waals surface area contributed by atoms with Crippen LogP contribution in [0.5, 0.6) is 0 Å². The molecule has 4 N–H and O–H groups in total. The molecule has 0 aliphatic carbocycles. The number of alkyl halides is 3. The van der Waals surface area contributed by atoms with Crippen LogP contribution in [0.4, 0.5) is 29.1 Å². The SMILES string of the molecule is N=Cc1cc(C(=O)N2CCC3(CC2)C(=O)N(CC(=O)NCC(F)(F)F)CN3c2cc(F)cc(Cl)c2)cnc1N. The number of nitrogens with zero attached hydrogens (tertiary/aromatic N) is 4. The van der Waals surface area contributed by atoms with Crippen LogP contribution < -0.4 is 16.0 Å². The molecule has 1 aromatic carbocycles. The number of anilines is 2. The first kappa shape index (κ1) is 28.1. The van der Waals surface area contributed by atoms with Crippen LogP contribution in [0.25, 0.3) is 0 Å². The number of nitrogens with one attached hydrogen (secondary N) is 2. The van der Waals surface area contributed by atoms with Crippen LogP contribution in [-0.2, 0) is 9.59 Å². The summed E-state index contributed by atoms with van der Waals surface area (Å²) in [6.45, 7) is -2.18. The molecule has 2 fully saturated rings. The number of benzene rings is 1. The zero-order valence-corrected chi connectivity index (χ0v) is 21.2. The van der Waals surface area contributed by atoms with Gasteiger partial charge in [0.25, 0.3) is 11.8 Å². The van der Waals surface area contributed by atoms with Crippen LogP contribution in [0.1, 0.15) is 28.8 Å². The smallest absolute Gasteiger partial charge is 0.383 e. The number of nitrogen functional groups attached to an aromatic ring is 1. The summed E-state index contributed by atoms with van der Waals surface area (Å²) in [5.74, 6) is -2.49. The number of likely N-dealkylation sites (tertiary alicyclic amines) is 1. The number of halogens is 5. The molecule has 3 heterocycles. The third-order valence-electron chi connectivity index (χ3n) is 6.72. The summed E-state index contributed by atoms with van der Waals surface area (Å²) in [7, 11) is 0. The highest BCUT2D eigenvalue weighted by molar-refractivity contribution is 6.30. The number of nitrogens with two attached hydrogens (primary N) is 1. The Bertz CT molecular complexity index is 1290. The van der Waals surface area contributed by atoms with Crippen molar-refractivity contribution in [2.45, 2.75) is 24.6 Å². The standard InChI is InChI=1S/C24H24ClF4N7O3/c25-16-6-17(26)8-18(7-16)36-13-35(11-19(37)33-12-24(27,28)29)22(39)23(36)1-3-34(4-2-23)21(38)15-5-14(9-30)20(31)32-10-15/h5-10,30H,1-4,11-13H2,(H2,31,32)(H,33,37). The normalized spacial score (nSPS) is 17.1. The summed E-state index contributed by atoms with van der Waals surface area (Å²) < 4.78 is 51.8. The second-order valence-electron chi connectivity index (χ2n) is 9.26. The fraction of sp³-hybridized carbons (Fsp3) is 0.375. The number of rotatable bonds is 6. The van der Waals surface area contributed by atoms with Crippen molar-refractivity contribution in [1.82, 2.24) is 20.1 Å². The number of aromatic nitrogens is 1. The topological polar surface area (TPSA) is 136 Å². The molecule has 2 aromatic rings. The molecule has 10 nitrogen and oxygen atoms in total. The molecule has 0 unspecified atom stereocenters. The summed E-state index contributed by atoms with van der Waals surface area (Å²) in [6.07, 6.45) is -2.17. The van der Waals surface area contributed by atoms with Crippen LogP contribution in [0.3, 0.4) is 0 Å². The van der Waals surface area contributed by atoms with Crippen molar-refractivity contribution in [3.05, 3.63) is 52.4 Å². The van der Waals surface area contributed by atoms with Crippen molar-refractivity contribution in [2.75, 3.05) is 43.5 Å². The number of hydrogen-bond donors (Lipinski definition) is 3. The molecule has 15 heteroatoms. The summed E-state index contributed by atoms with van der Waals surface area (Å²) in [4.78, 5) is 47.1. The Morgan fingerprint density at radius 2 is 1.90 bits per heavy atom. The highest BCUT2D eigenvalue weighted by atomic mass is 35.5. The zero-order valence-electron chi connectivity index (χ0n) is 20.4. The summed E-state index contributed by atoms with van der Waals surface area (Å²) >= 11 is 6.05. The van der Waals surface area contributed by atoms with Gasteiger partial charge in [0, 0.05) is 41.8 Å². The van der Waals surface area contributed by atoms with Crippen molar-refractivity contribution in [1.29, 1.82) is 5.41 Å². The molecule has 2 aliphatic rings. The minimum atomic E-state index is -4.62. The average Bonchev–Trinajstić information content (AvgIpc) is 3.13. The van der Waals surface area contributed by atoms with E-state index in [0.717, 1.165) is 17.2 Å². The van der Waals surface area contributed by atoms with E-state index in [1.165, 1.54) is 29.3 Å². The molecule has 0 bridgehead atoms. The van der Waals surface area contributed by atoms with Gasteiger partial charge >= 0.3 is 6.18 Å². The van der Waals surface area contributed by atoms with Gasteiger partial charge in [0.2, 0.25) is 5.91 Å². The number of carbonyl (C=O) groups is 3. The van der Waals surface area contributed by atoms with Gasteiger partial charge in [-0.1, -0.05) is 11.6 Å². The lowest BCUT2D eigenvalue weighted by Gasteiger charge is -2.43. The van der Waals surface area contributed by atoms with Gasteiger partial charge in [-0.2, -0.15) is 13.2 Å².